The number of benzene rings is 1. The molecular formula is C14H15FN2O2. The lowest BCUT2D eigenvalue weighted by molar-refractivity contribution is 0.0910. The van der Waals surface area contributed by atoms with Gasteiger partial charge in [-0.2, -0.15) is 0 Å². The first-order chi connectivity index (χ1) is 9.10. The molecule has 5 heteroatoms. The summed E-state index contributed by atoms with van der Waals surface area (Å²) in [4.78, 5) is 11.9. The summed E-state index contributed by atoms with van der Waals surface area (Å²) in [6.45, 7) is 2.02. The van der Waals surface area contributed by atoms with Gasteiger partial charge in [0.1, 0.15) is 11.6 Å². The maximum atomic E-state index is 13.1. The molecule has 0 fully saturated rings. The van der Waals surface area contributed by atoms with Crippen LogP contribution in [0.2, 0.25) is 0 Å². The lowest BCUT2D eigenvalue weighted by Gasteiger charge is -2.13. The molecule has 0 bridgehead atoms. The van der Waals surface area contributed by atoms with Crippen LogP contribution in [0, 0.1) is 5.82 Å². The summed E-state index contributed by atoms with van der Waals surface area (Å²) < 4.78 is 18.3. The SMILES string of the molecule is C[C@@H](NC(=O)c1ccc(CN)o1)c1cccc(F)c1. The molecule has 1 amide bonds. The van der Waals surface area contributed by atoms with Gasteiger partial charge >= 0.3 is 0 Å². The normalized spacial score (nSPS) is 12.2. The number of hydrogen-bond donors (Lipinski definition) is 2. The van der Waals surface area contributed by atoms with Crippen molar-refractivity contribution in [2.45, 2.75) is 19.5 Å². The molecule has 4 nitrogen and oxygen atoms in total. The van der Waals surface area contributed by atoms with Crippen LogP contribution in [0.15, 0.2) is 40.8 Å². The Morgan fingerprint density at radius 1 is 1.42 bits per heavy atom. The van der Waals surface area contributed by atoms with Gasteiger partial charge in [0.25, 0.3) is 5.91 Å². The average Bonchev–Trinajstić information content (AvgIpc) is 2.87. The Morgan fingerprint density at radius 2 is 2.21 bits per heavy atom. The van der Waals surface area contributed by atoms with E-state index in [0.29, 0.717) is 11.3 Å². The zero-order valence-electron chi connectivity index (χ0n) is 10.5. The number of furan rings is 1. The molecule has 1 aromatic heterocycles. The summed E-state index contributed by atoms with van der Waals surface area (Å²) in [7, 11) is 0. The van der Waals surface area contributed by atoms with Gasteiger partial charge < -0.3 is 15.5 Å². The first-order valence-electron chi connectivity index (χ1n) is 5.95. The Kier molecular flexibility index (Phi) is 3.97. The number of rotatable bonds is 4. The van der Waals surface area contributed by atoms with E-state index in [1.165, 1.54) is 12.1 Å². The predicted octanol–water partition coefficient (Wildman–Crippen LogP) is 2.37. The molecule has 0 aliphatic carbocycles. The van der Waals surface area contributed by atoms with Crippen LogP contribution in [-0.4, -0.2) is 5.91 Å². The van der Waals surface area contributed by atoms with Crippen LogP contribution in [0.5, 0.6) is 0 Å². The topological polar surface area (TPSA) is 68.3 Å². The molecule has 3 N–H and O–H groups in total. The molecule has 2 aromatic rings. The lowest BCUT2D eigenvalue weighted by atomic mass is 10.1. The van der Waals surface area contributed by atoms with Gasteiger partial charge in [-0.15, -0.1) is 0 Å². The lowest BCUT2D eigenvalue weighted by Crippen LogP contribution is -2.26. The van der Waals surface area contributed by atoms with Crippen molar-refractivity contribution in [3.8, 4) is 0 Å². The number of carbonyl (C=O) groups is 1. The van der Waals surface area contributed by atoms with Crippen molar-refractivity contribution in [3.05, 3.63) is 59.3 Å². The number of nitrogens with two attached hydrogens (primary N) is 1. The molecule has 0 saturated heterocycles. The quantitative estimate of drug-likeness (QED) is 0.888. The minimum absolute atomic E-state index is 0.198. The largest absolute Gasteiger partial charge is 0.455 e. The molecule has 0 unspecified atom stereocenters. The van der Waals surface area contributed by atoms with Crippen LogP contribution in [0.25, 0.3) is 0 Å². The zero-order valence-corrected chi connectivity index (χ0v) is 10.5. The Bertz CT molecular complexity index is 580. The van der Waals surface area contributed by atoms with Crippen molar-refractivity contribution in [2.24, 2.45) is 5.73 Å². The van der Waals surface area contributed by atoms with Crippen molar-refractivity contribution in [1.29, 1.82) is 0 Å². The fourth-order valence-electron chi connectivity index (χ4n) is 1.74. The Labute approximate surface area is 110 Å². The first-order valence-corrected chi connectivity index (χ1v) is 5.95. The molecule has 0 aliphatic heterocycles. The number of carbonyl (C=O) groups excluding carboxylic acids is 1. The van der Waals surface area contributed by atoms with E-state index in [0.717, 1.165) is 0 Å². The van der Waals surface area contributed by atoms with Gasteiger partial charge in [-0.3, -0.25) is 4.79 Å². The summed E-state index contributed by atoms with van der Waals surface area (Å²) in [6.07, 6.45) is 0. The van der Waals surface area contributed by atoms with E-state index >= 15 is 0 Å². The van der Waals surface area contributed by atoms with Gasteiger partial charge in [0, 0.05) is 0 Å². The Morgan fingerprint density at radius 3 is 2.84 bits per heavy atom. The molecule has 0 aliphatic rings. The van der Waals surface area contributed by atoms with E-state index in [-0.39, 0.29) is 30.1 Å². The molecule has 2 rings (SSSR count). The van der Waals surface area contributed by atoms with Gasteiger partial charge in [-0.1, -0.05) is 12.1 Å². The third-order valence-corrected chi connectivity index (χ3v) is 2.78. The Hall–Kier alpha value is -2.14. The summed E-state index contributed by atoms with van der Waals surface area (Å²) in [6, 6.07) is 9.01. The highest BCUT2D eigenvalue weighted by Gasteiger charge is 2.14. The molecule has 1 heterocycles. The zero-order chi connectivity index (χ0) is 13.8. The second kappa shape index (κ2) is 5.67. The summed E-state index contributed by atoms with van der Waals surface area (Å²) in [5, 5.41) is 2.74. The van der Waals surface area contributed by atoms with E-state index in [9.17, 15) is 9.18 Å². The number of nitrogens with one attached hydrogen (secondary N) is 1. The van der Waals surface area contributed by atoms with Crippen LogP contribution in [0.3, 0.4) is 0 Å². The van der Waals surface area contributed by atoms with Gasteiger partial charge in [0.2, 0.25) is 0 Å². The smallest absolute Gasteiger partial charge is 0.287 e. The second-order valence-electron chi connectivity index (χ2n) is 4.22. The van der Waals surface area contributed by atoms with Crippen LogP contribution >= 0.6 is 0 Å². The van der Waals surface area contributed by atoms with Crippen LogP contribution in [-0.2, 0) is 6.54 Å². The van der Waals surface area contributed by atoms with E-state index in [2.05, 4.69) is 5.32 Å². The summed E-state index contributed by atoms with van der Waals surface area (Å²) in [5.74, 6) is 0.0609. The van der Waals surface area contributed by atoms with Crippen molar-refractivity contribution < 1.29 is 13.6 Å². The molecule has 0 radical (unpaired) electrons. The van der Waals surface area contributed by atoms with Crippen molar-refractivity contribution >= 4 is 5.91 Å². The summed E-state index contributed by atoms with van der Waals surface area (Å²) >= 11 is 0. The van der Waals surface area contributed by atoms with E-state index in [1.807, 2.05) is 0 Å². The fraction of sp³-hybridized carbons (Fsp3) is 0.214. The predicted molar refractivity (Wildman–Crippen MR) is 68.9 cm³/mol. The highest BCUT2D eigenvalue weighted by Crippen LogP contribution is 2.15. The first kappa shape index (κ1) is 13.3. The minimum Gasteiger partial charge on any atom is -0.455 e. The van der Waals surface area contributed by atoms with Gasteiger partial charge in [0.15, 0.2) is 5.76 Å². The number of hydrogen-bond acceptors (Lipinski definition) is 3. The van der Waals surface area contributed by atoms with Crippen LogP contribution < -0.4 is 11.1 Å². The maximum absolute atomic E-state index is 13.1. The van der Waals surface area contributed by atoms with Crippen molar-refractivity contribution in [3.63, 3.8) is 0 Å². The van der Waals surface area contributed by atoms with E-state index in [4.69, 9.17) is 10.2 Å². The number of halogens is 1. The molecule has 100 valence electrons. The molecular weight excluding hydrogens is 247 g/mol. The summed E-state index contributed by atoms with van der Waals surface area (Å²) in [5.41, 5.74) is 6.10. The van der Waals surface area contributed by atoms with Crippen LogP contribution in [0.1, 0.15) is 34.8 Å². The highest BCUT2D eigenvalue weighted by atomic mass is 19.1. The Balaban J connectivity index is 2.06. The van der Waals surface area contributed by atoms with Gasteiger partial charge in [-0.05, 0) is 36.8 Å². The molecule has 1 aromatic carbocycles. The molecule has 0 saturated carbocycles. The highest BCUT2D eigenvalue weighted by molar-refractivity contribution is 5.91. The third-order valence-electron chi connectivity index (χ3n) is 2.78. The van der Waals surface area contributed by atoms with Crippen molar-refractivity contribution in [2.75, 3.05) is 0 Å². The maximum Gasteiger partial charge on any atom is 0.287 e. The number of amides is 1. The molecule has 19 heavy (non-hydrogen) atoms. The van der Waals surface area contributed by atoms with Crippen LogP contribution in [0.4, 0.5) is 4.39 Å². The molecule has 1 atom stereocenters. The minimum atomic E-state index is -0.350. The average molecular weight is 262 g/mol. The van der Waals surface area contributed by atoms with E-state index < -0.39 is 0 Å². The van der Waals surface area contributed by atoms with Gasteiger partial charge in [-0.25, -0.2) is 4.39 Å². The fourth-order valence-corrected chi connectivity index (χ4v) is 1.74. The van der Waals surface area contributed by atoms with Crippen molar-refractivity contribution in [1.82, 2.24) is 5.32 Å². The second-order valence-corrected chi connectivity index (χ2v) is 4.22. The van der Waals surface area contributed by atoms with E-state index in [1.54, 1.807) is 31.2 Å². The monoisotopic (exact) mass is 262 g/mol. The molecule has 0 spiro atoms. The van der Waals surface area contributed by atoms with Gasteiger partial charge in [0.05, 0.1) is 12.6 Å². The third kappa shape index (κ3) is 3.20. The standard InChI is InChI=1S/C14H15FN2O2/c1-9(10-3-2-4-11(15)7-10)17-14(18)13-6-5-12(8-16)19-13/h2-7,9H,8,16H2,1H3,(H,17,18)/t9-/m1/s1.